The van der Waals surface area contributed by atoms with Crippen LogP contribution in [0, 0.1) is 6.92 Å². The molecule has 2 aromatic heterocycles. The van der Waals surface area contributed by atoms with E-state index < -0.39 is 5.54 Å². The first-order chi connectivity index (χ1) is 25.5. The summed E-state index contributed by atoms with van der Waals surface area (Å²) in [6, 6.07) is 57.2. The first-order valence-electron chi connectivity index (χ1n) is 17.4. The van der Waals surface area contributed by atoms with Crippen LogP contribution in [0.4, 0.5) is 17.1 Å². The molecule has 9 aromatic rings. The third kappa shape index (κ3) is 5.29. The molecule has 5 heteroatoms. The lowest BCUT2D eigenvalue weighted by molar-refractivity contribution is 0.603. The average Bonchev–Trinajstić information content (AvgIpc) is 3.76. The molecule has 0 fully saturated rings. The Morgan fingerprint density at radius 3 is 2.08 bits per heavy atom. The van der Waals surface area contributed by atoms with Gasteiger partial charge in [-0.3, -0.25) is 4.99 Å². The van der Waals surface area contributed by atoms with E-state index in [9.17, 15) is 0 Å². The van der Waals surface area contributed by atoms with Crippen LogP contribution in [0.1, 0.15) is 29.2 Å². The molecule has 250 valence electrons. The zero-order valence-electron chi connectivity index (χ0n) is 29.0. The molecule has 0 amide bonds. The van der Waals surface area contributed by atoms with E-state index in [4.69, 9.17) is 9.41 Å². The van der Waals surface area contributed by atoms with Gasteiger partial charge in [-0.05, 0) is 79.7 Å². The highest BCUT2D eigenvalue weighted by atomic mass is 32.1. The molecule has 0 aliphatic carbocycles. The molecule has 1 atom stereocenters. The van der Waals surface area contributed by atoms with Crippen LogP contribution in [0.15, 0.2) is 178 Å². The second-order valence-corrected chi connectivity index (χ2v) is 14.3. The number of thiophene rings is 1. The zero-order valence-corrected chi connectivity index (χ0v) is 29.8. The van der Waals surface area contributed by atoms with Gasteiger partial charge in [0.05, 0.1) is 10.4 Å². The summed E-state index contributed by atoms with van der Waals surface area (Å²) < 4.78 is 9.18. The molecule has 0 aliphatic heterocycles. The van der Waals surface area contributed by atoms with Crippen molar-refractivity contribution in [2.24, 2.45) is 9.98 Å². The van der Waals surface area contributed by atoms with E-state index in [2.05, 4.69) is 146 Å². The third-order valence-electron chi connectivity index (χ3n) is 10.1. The van der Waals surface area contributed by atoms with E-state index in [-0.39, 0.29) is 0 Å². The second-order valence-electron chi connectivity index (χ2n) is 13.3. The van der Waals surface area contributed by atoms with Gasteiger partial charge < -0.3 is 9.32 Å². The highest BCUT2D eigenvalue weighted by Crippen LogP contribution is 2.47. The third-order valence-corrected chi connectivity index (χ3v) is 11.3. The van der Waals surface area contributed by atoms with Crippen LogP contribution in [0.2, 0.25) is 0 Å². The topological polar surface area (TPSA) is 41.1 Å². The molecule has 4 nitrogen and oxygen atoms in total. The van der Waals surface area contributed by atoms with Crippen LogP contribution in [-0.2, 0) is 5.54 Å². The number of para-hydroxylation sites is 1. The Bertz CT molecular complexity index is 2780. The molecule has 0 N–H and O–H groups in total. The molecule has 2 heterocycles. The lowest BCUT2D eigenvalue weighted by atomic mass is 9.84. The van der Waals surface area contributed by atoms with Crippen LogP contribution < -0.4 is 4.90 Å². The maximum absolute atomic E-state index is 6.62. The minimum Gasteiger partial charge on any atom is -0.456 e. The van der Waals surface area contributed by atoms with Crippen molar-refractivity contribution in [3.8, 4) is 0 Å². The summed E-state index contributed by atoms with van der Waals surface area (Å²) >= 11 is 1.85. The number of anilines is 3. The number of rotatable bonds is 7. The standard InChI is InChI=1S/C47H35N3OS/c1-31-23-26-39-38-21-13-14-22-43(38)52-45(39)44(31)50(35-19-11-6-12-20-35)36-25-28-41-40(30-36)37-27-24-34(29-42(37)51-41)47(2,33-17-9-5-10-18-33)49-46(48-3)32-15-7-4-8-16-32/h4-30H,3H2,1-2H3. The molecule has 0 saturated heterocycles. The van der Waals surface area contributed by atoms with E-state index in [1.165, 1.54) is 31.4 Å². The largest absolute Gasteiger partial charge is 0.456 e. The fourth-order valence-corrected chi connectivity index (χ4v) is 8.68. The number of furan rings is 1. The Morgan fingerprint density at radius 2 is 1.31 bits per heavy atom. The Labute approximate surface area is 306 Å². The van der Waals surface area contributed by atoms with Crippen molar-refractivity contribution in [3.05, 3.63) is 186 Å². The minimum absolute atomic E-state index is 0.589. The number of benzene rings is 7. The Hall–Kier alpha value is -6.30. The van der Waals surface area contributed by atoms with Crippen molar-refractivity contribution in [1.82, 2.24) is 0 Å². The van der Waals surface area contributed by atoms with Gasteiger partial charge in [-0.15, -0.1) is 11.3 Å². The fraction of sp³-hybridized carbons (Fsp3) is 0.0638. The van der Waals surface area contributed by atoms with E-state index in [0.29, 0.717) is 5.84 Å². The monoisotopic (exact) mass is 689 g/mol. The molecule has 0 bridgehead atoms. The number of amidine groups is 1. The first kappa shape index (κ1) is 31.7. The minimum atomic E-state index is -0.753. The molecule has 9 rings (SSSR count). The van der Waals surface area contributed by atoms with Crippen molar-refractivity contribution in [3.63, 3.8) is 0 Å². The number of nitrogens with zero attached hydrogens (tertiary/aromatic N) is 3. The molecular formula is C47H35N3OS. The molecule has 7 aromatic carbocycles. The SMILES string of the molecule is C=NC(=NC(C)(c1ccccc1)c1ccc2c(c1)oc1ccc(N(c3ccccc3)c3c(C)ccc4c3sc3ccccc34)cc12)c1ccccc1. The summed E-state index contributed by atoms with van der Waals surface area (Å²) in [6.45, 7) is 8.22. The van der Waals surface area contributed by atoms with Crippen molar-refractivity contribution < 1.29 is 4.42 Å². The van der Waals surface area contributed by atoms with Gasteiger partial charge in [0.15, 0.2) is 5.84 Å². The predicted molar refractivity (Wildman–Crippen MR) is 221 cm³/mol. The van der Waals surface area contributed by atoms with Crippen LogP contribution in [-0.4, -0.2) is 12.6 Å². The van der Waals surface area contributed by atoms with Gasteiger partial charge in [-0.2, -0.15) is 0 Å². The van der Waals surface area contributed by atoms with Gasteiger partial charge in [0.1, 0.15) is 16.7 Å². The van der Waals surface area contributed by atoms with Crippen molar-refractivity contribution >= 4 is 83.1 Å². The molecule has 0 radical (unpaired) electrons. The molecule has 0 saturated carbocycles. The lowest BCUT2D eigenvalue weighted by Crippen LogP contribution is -2.23. The van der Waals surface area contributed by atoms with Gasteiger partial charge >= 0.3 is 0 Å². The van der Waals surface area contributed by atoms with E-state index in [1.54, 1.807) is 0 Å². The summed E-state index contributed by atoms with van der Waals surface area (Å²) in [5.41, 5.74) is 8.45. The zero-order chi connectivity index (χ0) is 35.2. The lowest BCUT2D eigenvalue weighted by Gasteiger charge is -2.28. The Morgan fingerprint density at radius 1 is 0.615 bits per heavy atom. The summed E-state index contributed by atoms with van der Waals surface area (Å²) in [6.07, 6.45) is 0. The van der Waals surface area contributed by atoms with Crippen LogP contribution in [0.3, 0.4) is 0 Å². The van der Waals surface area contributed by atoms with E-state index >= 15 is 0 Å². The van der Waals surface area contributed by atoms with Crippen molar-refractivity contribution in [2.75, 3.05) is 4.90 Å². The van der Waals surface area contributed by atoms with Crippen molar-refractivity contribution in [2.45, 2.75) is 19.4 Å². The van der Waals surface area contributed by atoms with E-state index in [0.717, 1.165) is 50.0 Å². The number of aryl methyl sites for hydroxylation is 1. The van der Waals surface area contributed by atoms with E-state index in [1.807, 2.05) is 59.9 Å². The Balaban J connectivity index is 1.22. The van der Waals surface area contributed by atoms with Gasteiger partial charge in [-0.1, -0.05) is 121 Å². The maximum atomic E-state index is 6.62. The number of hydrogen-bond acceptors (Lipinski definition) is 4. The second kappa shape index (κ2) is 12.8. The smallest absolute Gasteiger partial charge is 0.155 e. The fourth-order valence-electron chi connectivity index (χ4n) is 7.39. The van der Waals surface area contributed by atoms with Crippen LogP contribution >= 0.6 is 11.3 Å². The molecule has 52 heavy (non-hydrogen) atoms. The quantitative estimate of drug-likeness (QED) is 0.123. The highest BCUT2D eigenvalue weighted by Gasteiger charge is 2.30. The maximum Gasteiger partial charge on any atom is 0.155 e. The predicted octanol–water partition coefficient (Wildman–Crippen LogP) is 13.1. The normalized spacial score (nSPS) is 13.2. The van der Waals surface area contributed by atoms with Gasteiger partial charge in [-0.25, -0.2) is 4.99 Å². The van der Waals surface area contributed by atoms with Crippen LogP contribution in [0.25, 0.3) is 42.1 Å². The molecular weight excluding hydrogens is 655 g/mol. The summed E-state index contributed by atoms with van der Waals surface area (Å²) in [5, 5.41) is 4.67. The van der Waals surface area contributed by atoms with Gasteiger partial charge in [0.25, 0.3) is 0 Å². The Kier molecular flexibility index (Phi) is 7.79. The summed E-state index contributed by atoms with van der Waals surface area (Å²) in [5.74, 6) is 0.589. The highest BCUT2D eigenvalue weighted by molar-refractivity contribution is 7.26. The van der Waals surface area contributed by atoms with Gasteiger partial charge in [0.2, 0.25) is 0 Å². The number of aliphatic imine (C=N–C) groups is 2. The summed E-state index contributed by atoms with van der Waals surface area (Å²) in [7, 11) is 0. The number of fused-ring (bicyclic) bond motifs is 6. The van der Waals surface area contributed by atoms with Crippen molar-refractivity contribution in [1.29, 1.82) is 0 Å². The van der Waals surface area contributed by atoms with Gasteiger partial charge in [0, 0.05) is 43.2 Å². The average molecular weight is 690 g/mol. The molecule has 1 unspecified atom stereocenters. The van der Waals surface area contributed by atoms with Crippen LogP contribution in [0.5, 0.6) is 0 Å². The first-order valence-corrected chi connectivity index (χ1v) is 18.2. The molecule has 0 spiro atoms. The molecule has 0 aliphatic rings. The summed E-state index contributed by atoms with van der Waals surface area (Å²) in [4.78, 5) is 12.1. The number of hydrogen-bond donors (Lipinski definition) is 0.